The van der Waals surface area contributed by atoms with Crippen LogP contribution in [0.15, 0.2) is 24.3 Å². The third-order valence-electron chi connectivity index (χ3n) is 1.97. The molecule has 0 aliphatic carbocycles. The van der Waals surface area contributed by atoms with E-state index >= 15 is 0 Å². The standard InChI is InChI=1S/C10H7F5O/c11-9(12,5-6-16)7-1-3-8(4-2-7)10(13,14)15/h1-4,6H,5H2. The van der Waals surface area contributed by atoms with Crippen molar-refractivity contribution in [2.45, 2.75) is 18.5 Å². The van der Waals surface area contributed by atoms with Crippen LogP contribution in [0.4, 0.5) is 22.0 Å². The van der Waals surface area contributed by atoms with Gasteiger partial charge in [0.2, 0.25) is 0 Å². The summed E-state index contributed by atoms with van der Waals surface area (Å²) in [6, 6.07) is 2.47. The van der Waals surface area contributed by atoms with Crippen molar-refractivity contribution in [1.29, 1.82) is 0 Å². The summed E-state index contributed by atoms with van der Waals surface area (Å²) in [4.78, 5) is 9.96. The van der Waals surface area contributed by atoms with Crippen molar-refractivity contribution in [3.63, 3.8) is 0 Å². The second-order valence-electron chi connectivity index (χ2n) is 3.15. The summed E-state index contributed by atoms with van der Waals surface area (Å²) in [5.41, 5.74) is -1.61. The van der Waals surface area contributed by atoms with Gasteiger partial charge in [-0.25, -0.2) is 8.78 Å². The topological polar surface area (TPSA) is 17.1 Å². The number of carbonyl (C=O) groups is 1. The van der Waals surface area contributed by atoms with E-state index in [9.17, 15) is 26.7 Å². The van der Waals surface area contributed by atoms with Crippen LogP contribution in [0.3, 0.4) is 0 Å². The van der Waals surface area contributed by atoms with Crippen LogP contribution in [0, 0.1) is 0 Å². The summed E-state index contributed by atoms with van der Waals surface area (Å²) in [6.45, 7) is 0. The minimum Gasteiger partial charge on any atom is -0.303 e. The first-order valence-electron chi connectivity index (χ1n) is 4.26. The Morgan fingerprint density at radius 3 is 1.75 bits per heavy atom. The molecule has 0 saturated carbocycles. The van der Waals surface area contributed by atoms with Crippen molar-refractivity contribution < 1.29 is 26.7 Å². The van der Waals surface area contributed by atoms with E-state index in [0.29, 0.717) is 24.3 Å². The maximum absolute atomic E-state index is 13.1. The van der Waals surface area contributed by atoms with Gasteiger partial charge in [0.05, 0.1) is 12.0 Å². The molecule has 1 aromatic rings. The number of benzene rings is 1. The van der Waals surface area contributed by atoms with Gasteiger partial charge in [0, 0.05) is 5.56 Å². The Kier molecular flexibility index (Phi) is 3.30. The molecule has 0 saturated heterocycles. The predicted molar refractivity (Wildman–Crippen MR) is 46.0 cm³/mol. The van der Waals surface area contributed by atoms with Crippen LogP contribution in [0.1, 0.15) is 17.5 Å². The quantitative estimate of drug-likeness (QED) is 0.582. The second-order valence-corrected chi connectivity index (χ2v) is 3.15. The summed E-state index contributed by atoms with van der Waals surface area (Å²) in [5.74, 6) is -3.42. The zero-order chi connectivity index (χ0) is 12.4. The molecule has 0 radical (unpaired) electrons. The molecule has 0 bridgehead atoms. The van der Waals surface area contributed by atoms with Crippen molar-refractivity contribution in [2.24, 2.45) is 0 Å². The Morgan fingerprint density at radius 2 is 1.38 bits per heavy atom. The minimum atomic E-state index is -4.56. The van der Waals surface area contributed by atoms with Crippen molar-refractivity contribution in [3.05, 3.63) is 35.4 Å². The van der Waals surface area contributed by atoms with E-state index in [4.69, 9.17) is 0 Å². The highest BCUT2D eigenvalue weighted by Crippen LogP contribution is 2.34. The molecule has 88 valence electrons. The maximum atomic E-state index is 13.1. The molecule has 0 heterocycles. The number of rotatable bonds is 3. The number of hydrogen-bond donors (Lipinski definition) is 0. The fraction of sp³-hybridized carbons (Fsp3) is 0.300. The fourth-order valence-corrected chi connectivity index (χ4v) is 1.13. The van der Waals surface area contributed by atoms with Crippen LogP contribution in [0.2, 0.25) is 0 Å². The Balaban J connectivity index is 2.99. The third kappa shape index (κ3) is 2.77. The molecule has 1 nitrogen and oxygen atoms in total. The molecule has 0 aromatic heterocycles. The lowest BCUT2D eigenvalue weighted by molar-refractivity contribution is -0.137. The Hall–Kier alpha value is -1.46. The van der Waals surface area contributed by atoms with Crippen LogP contribution in [0.25, 0.3) is 0 Å². The van der Waals surface area contributed by atoms with E-state index < -0.39 is 29.6 Å². The number of hydrogen-bond acceptors (Lipinski definition) is 1. The Morgan fingerprint density at radius 1 is 0.938 bits per heavy atom. The van der Waals surface area contributed by atoms with Gasteiger partial charge in [-0.3, -0.25) is 0 Å². The first-order chi connectivity index (χ1) is 7.27. The summed E-state index contributed by atoms with van der Waals surface area (Å²) >= 11 is 0. The lowest BCUT2D eigenvalue weighted by atomic mass is 10.0. The molecule has 0 aliphatic heterocycles. The van der Waals surface area contributed by atoms with Gasteiger partial charge in [-0.2, -0.15) is 13.2 Å². The van der Waals surface area contributed by atoms with Gasteiger partial charge in [0.25, 0.3) is 5.92 Å². The molecule has 0 aliphatic rings. The van der Waals surface area contributed by atoms with E-state index in [2.05, 4.69) is 0 Å². The molecule has 0 fully saturated rings. The summed E-state index contributed by atoms with van der Waals surface area (Å²) in [5, 5.41) is 0. The van der Waals surface area contributed by atoms with E-state index in [1.54, 1.807) is 0 Å². The molecule has 0 spiro atoms. The average Bonchev–Trinajstić information content (AvgIpc) is 2.16. The molecular formula is C10H7F5O. The van der Waals surface area contributed by atoms with Crippen molar-refractivity contribution in [2.75, 3.05) is 0 Å². The van der Waals surface area contributed by atoms with Crippen molar-refractivity contribution in [1.82, 2.24) is 0 Å². The zero-order valence-electron chi connectivity index (χ0n) is 7.89. The van der Waals surface area contributed by atoms with Crippen LogP contribution in [-0.4, -0.2) is 6.29 Å². The van der Waals surface area contributed by atoms with Crippen LogP contribution < -0.4 is 0 Å². The van der Waals surface area contributed by atoms with Gasteiger partial charge < -0.3 is 4.79 Å². The largest absolute Gasteiger partial charge is 0.416 e. The smallest absolute Gasteiger partial charge is 0.303 e. The first-order valence-corrected chi connectivity index (χ1v) is 4.26. The van der Waals surface area contributed by atoms with Crippen molar-refractivity contribution in [3.8, 4) is 0 Å². The number of aldehydes is 1. The fourth-order valence-electron chi connectivity index (χ4n) is 1.13. The maximum Gasteiger partial charge on any atom is 0.416 e. The van der Waals surface area contributed by atoms with Crippen LogP contribution in [-0.2, 0) is 16.9 Å². The molecular weight excluding hydrogens is 231 g/mol. The van der Waals surface area contributed by atoms with Crippen LogP contribution in [0.5, 0.6) is 0 Å². The normalized spacial score (nSPS) is 12.6. The Labute approximate surface area is 87.9 Å². The molecule has 1 aromatic carbocycles. The number of alkyl halides is 5. The highest BCUT2D eigenvalue weighted by Gasteiger charge is 2.34. The van der Waals surface area contributed by atoms with Gasteiger partial charge in [-0.05, 0) is 12.1 Å². The molecule has 0 unspecified atom stereocenters. The highest BCUT2D eigenvalue weighted by molar-refractivity contribution is 5.52. The first kappa shape index (κ1) is 12.6. The van der Waals surface area contributed by atoms with E-state index in [-0.39, 0.29) is 6.29 Å². The lowest BCUT2D eigenvalue weighted by Gasteiger charge is -2.14. The van der Waals surface area contributed by atoms with Crippen LogP contribution >= 0.6 is 0 Å². The predicted octanol–water partition coefficient (Wildman–Crippen LogP) is 3.39. The SMILES string of the molecule is O=CCC(F)(F)c1ccc(C(F)(F)F)cc1. The molecule has 0 amide bonds. The summed E-state index contributed by atoms with van der Waals surface area (Å²) < 4.78 is 62.5. The number of carbonyl (C=O) groups excluding carboxylic acids is 1. The molecule has 6 heteroatoms. The average molecular weight is 238 g/mol. The molecule has 0 atom stereocenters. The van der Waals surface area contributed by atoms with E-state index in [1.165, 1.54) is 0 Å². The van der Waals surface area contributed by atoms with Gasteiger partial charge in [0.1, 0.15) is 6.29 Å². The molecule has 16 heavy (non-hydrogen) atoms. The Bertz CT molecular complexity index is 366. The van der Waals surface area contributed by atoms with Gasteiger partial charge in [-0.1, -0.05) is 12.1 Å². The lowest BCUT2D eigenvalue weighted by Crippen LogP contribution is -2.14. The monoisotopic (exact) mass is 238 g/mol. The zero-order valence-corrected chi connectivity index (χ0v) is 7.89. The minimum absolute atomic E-state index is 0.0255. The summed E-state index contributed by atoms with van der Waals surface area (Å²) in [7, 11) is 0. The molecule has 0 N–H and O–H groups in total. The van der Waals surface area contributed by atoms with E-state index in [1.807, 2.05) is 0 Å². The van der Waals surface area contributed by atoms with Crippen molar-refractivity contribution >= 4 is 6.29 Å². The van der Waals surface area contributed by atoms with Gasteiger partial charge in [0.15, 0.2) is 0 Å². The second kappa shape index (κ2) is 4.19. The highest BCUT2D eigenvalue weighted by atomic mass is 19.4. The van der Waals surface area contributed by atoms with Gasteiger partial charge in [-0.15, -0.1) is 0 Å². The van der Waals surface area contributed by atoms with Gasteiger partial charge >= 0.3 is 6.18 Å². The third-order valence-corrected chi connectivity index (χ3v) is 1.97. The van der Waals surface area contributed by atoms with E-state index in [0.717, 1.165) is 0 Å². The number of halogens is 5. The molecule has 1 rings (SSSR count). The summed E-state index contributed by atoms with van der Waals surface area (Å²) in [6.07, 6.45) is -5.57.